The summed E-state index contributed by atoms with van der Waals surface area (Å²) in [5, 5.41) is 18.2. The first-order valence-electron chi connectivity index (χ1n) is 5.53. The number of rotatable bonds is 6. The summed E-state index contributed by atoms with van der Waals surface area (Å²) in [6.07, 6.45) is 0. The predicted molar refractivity (Wildman–Crippen MR) is 70.8 cm³/mol. The Morgan fingerprint density at radius 2 is 2.17 bits per heavy atom. The van der Waals surface area contributed by atoms with Crippen molar-refractivity contribution in [2.45, 2.75) is 20.8 Å². The first-order chi connectivity index (χ1) is 8.41. The molecule has 1 unspecified atom stereocenters. The lowest BCUT2D eigenvalue weighted by Gasteiger charge is -2.07. The van der Waals surface area contributed by atoms with E-state index in [-0.39, 0.29) is 11.7 Å². The molecule has 0 saturated heterocycles. The van der Waals surface area contributed by atoms with Crippen LogP contribution in [0.5, 0.6) is 0 Å². The number of hydrogen-bond donors (Lipinski definition) is 3. The van der Waals surface area contributed by atoms with Gasteiger partial charge in [0.2, 0.25) is 5.91 Å². The fourth-order valence-corrected chi connectivity index (χ4v) is 2.18. The van der Waals surface area contributed by atoms with E-state index in [0.29, 0.717) is 11.4 Å². The Morgan fingerprint density at radius 3 is 2.67 bits per heavy atom. The molecule has 0 radical (unpaired) electrons. The van der Waals surface area contributed by atoms with E-state index >= 15 is 0 Å². The fourth-order valence-electron chi connectivity index (χ4n) is 1.31. The molecule has 1 aromatic rings. The van der Waals surface area contributed by atoms with Crippen molar-refractivity contribution >= 4 is 29.3 Å². The number of carboxylic acids is 1. The van der Waals surface area contributed by atoms with E-state index in [2.05, 4.69) is 15.5 Å². The predicted octanol–water partition coefficient (Wildman–Crippen LogP) is 1.42. The number of nitrogens with zero attached hydrogens (tertiary/aromatic N) is 1. The van der Waals surface area contributed by atoms with Crippen LogP contribution in [0.1, 0.15) is 18.3 Å². The molecular weight excluding hydrogens is 254 g/mol. The van der Waals surface area contributed by atoms with Gasteiger partial charge in [0.15, 0.2) is 0 Å². The van der Waals surface area contributed by atoms with Crippen LogP contribution >= 0.6 is 11.8 Å². The number of H-pyrrole nitrogens is 1. The summed E-state index contributed by atoms with van der Waals surface area (Å²) in [6.45, 7) is 5.26. The molecular formula is C11H17N3O3S. The number of carboxylic acid groups (broad SMARTS) is 1. The number of aryl methyl sites for hydroxylation is 2. The molecule has 0 bridgehead atoms. The van der Waals surface area contributed by atoms with Gasteiger partial charge in [0.25, 0.3) is 0 Å². The number of amides is 1. The maximum absolute atomic E-state index is 11.6. The van der Waals surface area contributed by atoms with Crippen molar-refractivity contribution < 1.29 is 14.7 Å². The number of hydrogen-bond acceptors (Lipinski definition) is 4. The number of aromatic amines is 1. The lowest BCUT2D eigenvalue weighted by Crippen LogP contribution is -2.18. The van der Waals surface area contributed by atoms with Crippen LogP contribution in [0.25, 0.3) is 0 Å². The van der Waals surface area contributed by atoms with Crippen molar-refractivity contribution in [3.63, 3.8) is 0 Å². The molecule has 1 atom stereocenters. The van der Waals surface area contributed by atoms with Crippen molar-refractivity contribution in [3.8, 4) is 0 Å². The molecule has 0 fully saturated rings. The van der Waals surface area contributed by atoms with E-state index in [1.54, 1.807) is 13.8 Å². The third-order valence-corrected chi connectivity index (χ3v) is 3.62. The van der Waals surface area contributed by atoms with Crippen molar-refractivity contribution in [2.24, 2.45) is 5.92 Å². The van der Waals surface area contributed by atoms with Gasteiger partial charge in [0.05, 0.1) is 28.7 Å². The van der Waals surface area contributed by atoms with Crippen LogP contribution in [0.4, 0.5) is 5.69 Å². The largest absolute Gasteiger partial charge is 0.481 e. The number of aliphatic carboxylic acids is 1. The number of aromatic nitrogens is 2. The van der Waals surface area contributed by atoms with E-state index in [1.807, 2.05) is 6.92 Å². The number of thioether (sulfide) groups is 1. The van der Waals surface area contributed by atoms with Crippen molar-refractivity contribution in [1.82, 2.24) is 10.2 Å². The zero-order valence-electron chi connectivity index (χ0n) is 10.6. The summed E-state index contributed by atoms with van der Waals surface area (Å²) < 4.78 is 0. The second kappa shape index (κ2) is 6.44. The van der Waals surface area contributed by atoms with Crippen LogP contribution in [0.2, 0.25) is 0 Å². The van der Waals surface area contributed by atoms with Crippen LogP contribution in [-0.4, -0.2) is 38.7 Å². The summed E-state index contributed by atoms with van der Waals surface area (Å²) in [4.78, 5) is 22.2. The molecule has 0 saturated carbocycles. The second-order valence-electron chi connectivity index (χ2n) is 4.11. The van der Waals surface area contributed by atoms with Gasteiger partial charge >= 0.3 is 5.97 Å². The van der Waals surface area contributed by atoms with Gasteiger partial charge in [-0.1, -0.05) is 6.92 Å². The Balaban J connectivity index is 2.37. The summed E-state index contributed by atoms with van der Waals surface area (Å²) in [5.41, 5.74) is 2.25. The van der Waals surface area contributed by atoms with Gasteiger partial charge in [0, 0.05) is 5.75 Å². The summed E-state index contributed by atoms with van der Waals surface area (Å²) in [6, 6.07) is 0. The van der Waals surface area contributed by atoms with Crippen LogP contribution in [0.3, 0.4) is 0 Å². The van der Waals surface area contributed by atoms with E-state index in [0.717, 1.165) is 11.4 Å². The molecule has 6 nitrogen and oxygen atoms in total. The number of anilines is 1. The highest BCUT2D eigenvalue weighted by atomic mass is 32.2. The Kier molecular flexibility index (Phi) is 5.21. The third-order valence-electron chi connectivity index (χ3n) is 2.42. The first-order valence-corrected chi connectivity index (χ1v) is 6.69. The van der Waals surface area contributed by atoms with Gasteiger partial charge in [-0.3, -0.25) is 14.7 Å². The first kappa shape index (κ1) is 14.6. The molecule has 7 heteroatoms. The minimum atomic E-state index is -0.843. The smallest absolute Gasteiger partial charge is 0.307 e. The normalized spacial score (nSPS) is 12.2. The maximum atomic E-state index is 11.6. The average Bonchev–Trinajstić information content (AvgIpc) is 2.60. The zero-order chi connectivity index (χ0) is 13.7. The van der Waals surface area contributed by atoms with Crippen LogP contribution in [0.15, 0.2) is 0 Å². The lowest BCUT2D eigenvalue weighted by atomic mass is 10.2. The van der Waals surface area contributed by atoms with E-state index < -0.39 is 11.9 Å². The molecule has 0 aliphatic carbocycles. The molecule has 1 heterocycles. The number of carbonyl (C=O) groups excluding carboxylic acids is 1. The highest BCUT2D eigenvalue weighted by molar-refractivity contribution is 8.00. The van der Waals surface area contributed by atoms with Gasteiger partial charge < -0.3 is 10.4 Å². The van der Waals surface area contributed by atoms with Crippen molar-refractivity contribution in [2.75, 3.05) is 16.8 Å². The molecule has 1 rings (SSSR count). The van der Waals surface area contributed by atoms with Gasteiger partial charge in [-0.25, -0.2) is 0 Å². The van der Waals surface area contributed by atoms with Gasteiger partial charge in [-0.15, -0.1) is 0 Å². The third kappa shape index (κ3) is 4.06. The minimum Gasteiger partial charge on any atom is -0.481 e. The summed E-state index contributed by atoms with van der Waals surface area (Å²) in [5.74, 6) is -0.775. The quantitative estimate of drug-likeness (QED) is 0.727. The van der Waals surface area contributed by atoms with E-state index in [9.17, 15) is 9.59 Å². The lowest BCUT2D eigenvalue weighted by molar-refractivity contribution is -0.140. The van der Waals surface area contributed by atoms with E-state index in [1.165, 1.54) is 11.8 Å². The summed E-state index contributed by atoms with van der Waals surface area (Å²) in [7, 11) is 0. The molecule has 0 aliphatic rings. The van der Waals surface area contributed by atoms with Crippen LogP contribution in [0, 0.1) is 19.8 Å². The molecule has 0 aliphatic heterocycles. The second-order valence-corrected chi connectivity index (χ2v) is 5.14. The minimum absolute atomic E-state index is 0.148. The molecule has 18 heavy (non-hydrogen) atoms. The molecule has 1 aromatic heterocycles. The highest BCUT2D eigenvalue weighted by Gasteiger charge is 2.13. The SMILES string of the molecule is Cc1n[nH]c(C)c1NC(=O)CSCC(C)C(=O)O. The monoisotopic (exact) mass is 271 g/mol. The zero-order valence-corrected chi connectivity index (χ0v) is 11.4. The Bertz CT molecular complexity index is 425. The average molecular weight is 271 g/mol. The molecule has 3 N–H and O–H groups in total. The Hall–Kier alpha value is -1.50. The number of nitrogens with one attached hydrogen (secondary N) is 2. The molecule has 0 spiro atoms. The standard InChI is InChI=1S/C11H17N3O3S/c1-6(11(16)17)4-18-5-9(15)12-10-7(2)13-14-8(10)3/h6H,4-5H2,1-3H3,(H,12,15)(H,13,14)(H,16,17). The summed E-state index contributed by atoms with van der Waals surface area (Å²) >= 11 is 1.31. The maximum Gasteiger partial charge on any atom is 0.307 e. The fraction of sp³-hybridized carbons (Fsp3) is 0.545. The molecule has 1 amide bonds. The topological polar surface area (TPSA) is 95.1 Å². The Labute approximate surface area is 110 Å². The van der Waals surface area contributed by atoms with Crippen molar-refractivity contribution in [1.29, 1.82) is 0 Å². The van der Waals surface area contributed by atoms with Gasteiger partial charge in [-0.05, 0) is 13.8 Å². The molecule has 0 aromatic carbocycles. The number of carbonyl (C=O) groups is 2. The van der Waals surface area contributed by atoms with Crippen molar-refractivity contribution in [3.05, 3.63) is 11.4 Å². The van der Waals surface area contributed by atoms with Gasteiger partial charge in [-0.2, -0.15) is 16.9 Å². The van der Waals surface area contributed by atoms with Crippen LogP contribution in [-0.2, 0) is 9.59 Å². The van der Waals surface area contributed by atoms with Crippen LogP contribution < -0.4 is 5.32 Å². The van der Waals surface area contributed by atoms with Gasteiger partial charge in [0.1, 0.15) is 0 Å². The highest BCUT2D eigenvalue weighted by Crippen LogP contribution is 2.16. The van der Waals surface area contributed by atoms with E-state index in [4.69, 9.17) is 5.11 Å². The Morgan fingerprint density at radius 1 is 1.50 bits per heavy atom. The molecule has 100 valence electrons.